The fourth-order valence-corrected chi connectivity index (χ4v) is 2.41. The predicted molar refractivity (Wildman–Crippen MR) is 73.3 cm³/mol. The maximum absolute atomic E-state index is 12.0. The van der Waals surface area contributed by atoms with E-state index in [1.54, 1.807) is 24.3 Å². The molecular formula is C14H19N3O2. The second-order valence-corrected chi connectivity index (χ2v) is 5.10. The molecule has 1 aromatic rings. The highest BCUT2D eigenvalue weighted by Gasteiger charge is 2.27. The van der Waals surface area contributed by atoms with Gasteiger partial charge in [0.1, 0.15) is 0 Å². The number of hydrogen-bond acceptors (Lipinski definition) is 3. The van der Waals surface area contributed by atoms with Crippen molar-refractivity contribution in [2.24, 2.45) is 17.4 Å². The molecule has 0 radical (unpaired) electrons. The summed E-state index contributed by atoms with van der Waals surface area (Å²) < 4.78 is 0. The molecule has 0 bridgehead atoms. The Balaban J connectivity index is 1.92. The summed E-state index contributed by atoms with van der Waals surface area (Å²) in [6, 6.07) is 7.30. The first-order valence-corrected chi connectivity index (χ1v) is 6.48. The van der Waals surface area contributed by atoms with Crippen LogP contribution >= 0.6 is 0 Å². The zero-order chi connectivity index (χ0) is 13.8. The molecule has 2 unspecified atom stereocenters. The summed E-state index contributed by atoms with van der Waals surface area (Å²) in [7, 11) is 0. The third-order valence-corrected chi connectivity index (χ3v) is 3.44. The molecule has 1 fully saturated rings. The van der Waals surface area contributed by atoms with Crippen LogP contribution in [0.5, 0.6) is 0 Å². The molecule has 2 atom stereocenters. The fraction of sp³-hybridized carbons (Fsp3) is 0.429. The van der Waals surface area contributed by atoms with Crippen LogP contribution in [-0.4, -0.2) is 17.9 Å². The molecule has 0 heterocycles. The van der Waals surface area contributed by atoms with Crippen molar-refractivity contribution in [2.45, 2.75) is 31.7 Å². The highest BCUT2D eigenvalue weighted by atomic mass is 16.2. The number of anilines is 1. The average Bonchev–Trinajstić information content (AvgIpc) is 2.78. The maximum Gasteiger partial charge on any atom is 0.227 e. The van der Waals surface area contributed by atoms with E-state index >= 15 is 0 Å². The maximum atomic E-state index is 12.0. The Morgan fingerprint density at radius 3 is 2.42 bits per heavy atom. The van der Waals surface area contributed by atoms with Crippen LogP contribution in [0, 0.1) is 5.92 Å². The number of nitrogens with one attached hydrogen (secondary N) is 1. The Morgan fingerprint density at radius 1 is 1.21 bits per heavy atom. The standard InChI is InChI=1S/C14H19N3O2/c15-11-4-3-10(8-11)14(19)17-12-5-1-9(2-6-12)7-13(16)18/h1-2,5-6,10-11H,3-4,7-8,15H2,(H2,16,18)(H,17,19). The van der Waals surface area contributed by atoms with E-state index < -0.39 is 0 Å². The minimum Gasteiger partial charge on any atom is -0.369 e. The summed E-state index contributed by atoms with van der Waals surface area (Å²) in [6.45, 7) is 0. The summed E-state index contributed by atoms with van der Waals surface area (Å²) in [5.74, 6) is -0.326. The van der Waals surface area contributed by atoms with Gasteiger partial charge in [-0.15, -0.1) is 0 Å². The SMILES string of the molecule is NC(=O)Cc1ccc(NC(=O)C2CCC(N)C2)cc1. The molecule has 1 aliphatic rings. The molecule has 0 saturated heterocycles. The number of hydrogen-bond donors (Lipinski definition) is 3. The first kappa shape index (κ1) is 13.5. The Labute approximate surface area is 112 Å². The van der Waals surface area contributed by atoms with Crippen LogP contribution in [-0.2, 0) is 16.0 Å². The molecule has 1 aromatic carbocycles. The van der Waals surface area contributed by atoms with E-state index in [1.807, 2.05) is 0 Å². The van der Waals surface area contributed by atoms with Crippen molar-refractivity contribution in [1.82, 2.24) is 0 Å². The minimum absolute atomic E-state index is 0.0142. The van der Waals surface area contributed by atoms with Crippen LogP contribution in [0.2, 0.25) is 0 Å². The topological polar surface area (TPSA) is 98.2 Å². The second-order valence-electron chi connectivity index (χ2n) is 5.10. The average molecular weight is 261 g/mol. The van der Waals surface area contributed by atoms with Gasteiger partial charge in [-0.3, -0.25) is 9.59 Å². The van der Waals surface area contributed by atoms with Crippen molar-refractivity contribution in [1.29, 1.82) is 0 Å². The molecule has 2 rings (SSSR count). The number of nitrogens with two attached hydrogens (primary N) is 2. The summed E-state index contributed by atoms with van der Waals surface area (Å²) in [5, 5.41) is 2.87. The van der Waals surface area contributed by atoms with Crippen LogP contribution in [0.1, 0.15) is 24.8 Å². The quantitative estimate of drug-likeness (QED) is 0.747. The van der Waals surface area contributed by atoms with E-state index in [-0.39, 0.29) is 30.2 Å². The molecule has 5 N–H and O–H groups in total. The summed E-state index contributed by atoms with van der Waals surface area (Å²) in [5.41, 5.74) is 12.5. The largest absolute Gasteiger partial charge is 0.369 e. The van der Waals surface area contributed by atoms with Gasteiger partial charge in [0.25, 0.3) is 0 Å². The molecule has 2 amide bonds. The lowest BCUT2D eigenvalue weighted by Crippen LogP contribution is -2.23. The lowest BCUT2D eigenvalue weighted by molar-refractivity contribution is -0.120. The molecule has 1 saturated carbocycles. The van der Waals surface area contributed by atoms with Crippen molar-refractivity contribution in [3.05, 3.63) is 29.8 Å². The molecular weight excluding hydrogens is 242 g/mol. The third-order valence-electron chi connectivity index (χ3n) is 3.44. The Bertz CT molecular complexity index is 470. The van der Waals surface area contributed by atoms with E-state index in [1.165, 1.54) is 0 Å². The zero-order valence-electron chi connectivity index (χ0n) is 10.8. The van der Waals surface area contributed by atoms with Gasteiger partial charge in [0, 0.05) is 17.6 Å². The van der Waals surface area contributed by atoms with Gasteiger partial charge in [-0.1, -0.05) is 12.1 Å². The Kier molecular flexibility index (Phi) is 4.16. The van der Waals surface area contributed by atoms with Crippen LogP contribution in [0.4, 0.5) is 5.69 Å². The highest BCUT2D eigenvalue weighted by molar-refractivity contribution is 5.92. The van der Waals surface area contributed by atoms with Gasteiger partial charge in [0.05, 0.1) is 6.42 Å². The van der Waals surface area contributed by atoms with Crippen molar-refractivity contribution >= 4 is 17.5 Å². The van der Waals surface area contributed by atoms with E-state index in [2.05, 4.69) is 5.32 Å². The van der Waals surface area contributed by atoms with Crippen molar-refractivity contribution < 1.29 is 9.59 Å². The summed E-state index contributed by atoms with van der Waals surface area (Å²) in [4.78, 5) is 22.8. The summed E-state index contributed by atoms with van der Waals surface area (Å²) in [6.07, 6.45) is 2.74. The minimum atomic E-state index is -0.364. The van der Waals surface area contributed by atoms with Crippen LogP contribution < -0.4 is 16.8 Å². The zero-order valence-corrected chi connectivity index (χ0v) is 10.8. The first-order valence-electron chi connectivity index (χ1n) is 6.48. The monoisotopic (exact) mass is 261 g/mol. The fourth-order valence-electron chi connectivity index (χ4n) is 2.41. The van der Waals surface area contributed by atoms with Gasteiger partial charge < -0.3 is 16.8 Å². The van der Waals surface area contributed by atoms with Crippen LogP contribution in [0.15, 0.2) is 24.3 Å². The predicted octanol–water partition coefficient (Wildman–Crippen LogP) is 0.780. The number of benzene rings is 1. The van der Waals surface area contributed by atoms with Gasteiger partial charge in [-0.05, 0) is 37.0 Å². The van der Waals surface area contributed by atoms with Gasteiger partial charge in [0.2, 0.25) is 11.8 Å². The second kappa shape index (κ2) is 5.84. The van der Waals surface area contributed by atoms with Gasteiger partial charge >= 0.3 is 0 Å². The first-order chi connectivity index (χ1) is 9.04. The van der Waals surface area contributed by atoms with E-state index in [0.717, 1.165) is 30.5 Å². The molecule has 5 nitrogen and oxygen atoms in total. The molecule has 0 aliphatic heterocycles. The highest BCUT2D eigenvalue weighted by Crippen LogP contribution is 2.25. The van der Waals surface area contributed by atoms with Gasteiger partial charge in [0.15, 0.2) is 0 Å². The van der Waals surface area contributed by atoms with E-state index in [4.69, 9.17) is 11.5 Å². The summed E-state index contributed by atoms with van der Waals surface area (Å²) >= 11 is 0. The Hall–Kier alpha value is -1.88. The smallest absolute Gasteiger partial charge is 0.227 e. The van der Waals surface area contributed by atoms with Crippen LogP contribution in [0.3, 0.4) is 0 Å². The molecule has 5 heteroatoms. The lowest BCUT2D eigenvalue weighted by Gasteiger charge is -2.11. The van der Waals surface area contributed by atoms with Crippen molar-refractivity contribution in [2.75, 3.05) is 5.32 Å². The molecule has 0 aromatic heterocycles. The van der Waals surface area contributed by atoms with Crippen molar-refractivity contribution in [3.8, 4) is 0 Å². The number of amides is 2. The van der Waals surface area contributed by atoms with Crippen molar-refractivity contribution in [3.63, 3.8) is 0 Å². The number of carbonyl (C=O) groups excluding carboxylic acids is 2. The molecule has 19 heavy (non-hydrogen) atoms. The Morgan fingerprint density at radius 2 is 1.89 bits per heavy atom. The van der Waals surface area contributed by atoms with Gasteiger partial charge in [-0.2, -0.15) is 0 Å². The number of primary amides is 1. The molecule has 0 spiro atoms. The van der Waals surface area contributed by atoms with E-state index in [9.17, 15) is 9.59 Å². The van der Waals surface area contributed by atoms with Crippen LogP contribution in [0.25, 0.3) is 0 Å². The molecule has 1 aliphatic carbocycles. The third kappa shape index (κ3) is 3.79. The number of carbonyl (C=O) groups is 2. The normalized spacial score (nSPS) is 22.2. The number of rotatable bonds is 4. The molecule has 102 valence electrons. The lowest BCUT2D eigenvalue weighted by atomic mass is 10.1. The van der Waals surface area contributed by atoms with Gasteiger partial charge in [-0.25, -0.2) is 0 Å². The van der Waals surface area contributed by atoms with E-state index in [0.29, 0.717) is 0 Å².